The number of fused-ring (bicyclic) bond motifs is 9. The lowest BCUT2D eigenvalue weighted by atomic mass is 9.82. The molecule has 0 amide bonds. The number of aromatic amines is 1. The molecule has 0 saturated carbocycles. The lowest BCUT2D eigenvalue weighted by Crippen LogP contribution is -2.14. The Labute approximate surface area is 383 Å². The van der Waals surface area contributed by atoms with E-state index in [0.717, 1.165) is 17.6 Å². The van der Waals surface area contributed by atoms with E-state index in [9.17, 15) is 0 Å². The van der Waals surface area contributed by atoms with Crippen LogP contribution < -0.4 is 0 Å². The number of benzene rings is 9. The van der Waals surface area contributed by atoms with Crippen LogP contribution in [0.1, 0.15) is 61.4 Å². The molecular formula is C63H55NO. The predicted molar refractivity (Wildman–Crippen MR) is 278 cm³/mol. The van der Waals surface area contributed by atoms with E-state index >= 15 is 0 Å². The van der Waals surface area contributed by atoms with Crippen LogP contribution >= 0.6 is 0 Å². The number of furan rings is 1. The first-order chi connectivity index (χ1) is 31.8. The van der Waals surface area contributed by atoms with E-state index < -0.39 is 0 Å². The Balaban J connectivity index is 0.000000115. The highest BCUT2D eigenvalue weighted by molar-refractivity contribution is 6.13. The van der Waals surface area contributed by atoms with Crippen molar-refractivity contribution in [1.82, 2.24) is 4.98 Å². The SMILES string of the molecule is CCCCc1ccc(-c2cccc3c2oc2ccccc23)cc1.Cc1ccc(-c2ccc3c(c2)-c2ccccc2C3(C)C)cc1.Cc1ccc(-c2ccccc2)c2[nH]c3ccccc3c12. The minimum Gasteiger partial charge on any atom is -0.455 e. The van der Waals surface area contributed by atoms with Crippen LogP contribution in [-0.2, 0) is 11.8 Å². The normalized spacial score (nSPS) is 12.4. The van der Waals surface area contributed by atoms with Crippen molar-refractivity contribution in [2.75, 3.05) is 0 Å². The van der Waals surface area contributed by atoms with Crippen LogP contribution in [0.3, 0.4) is 0 Å². The molecule has 11 aromatic rings. The molecule has 1 aliphatic rings. The van der Waals surface area contributed by atoms with Crippen LogP contribution in [0.2, 0.25) is 0 Å². The Bertz CT molecular complexity index is 3440. The fourth-order valence-electron chi connectivity index (χ4n) is 9.84. The van der Waals surface area contributed by atoms with Gasteiger partial charge in [-0.15, -0.1) is 0 Å². The zero-order chi connectivity index (χ0) is 44.5. The van der Waals surface area contributed by atoms with Crippen molar-refractivity contribution >= 4 is 43.7 Å². The van der Waals surface area contributed by atoms with Crippen LogP contribution in [0, 0.1) is 13.8 Å². The molecule has 2 heteroatoms. The molecule has 318 valence electrons. The first kappa shape index (κ1) is 41.6. The number of unbranched alkanes of at least 4 members (excludes halogenated alkanes) is 1. The molecule has 9 aromatic carbocycles. The Hall–Kier alpha value is -7.42. The topological polar surface area (TPSA) is 28.9 Å². The first-order valence-electron chi connectivity index (χ1n) is 23.1. The highest BCUT2D eigenvalue weighted by atomic mass is 16.3. The van der Waals surface area contributed by atoms with Crippen LogP contribution in [0.5, 0.6) is 0 Å². The second-order valence-corrected chi connectivity index (χ2v) is 18.1. The summed E-state index contributed by atoms with van der Waals surface area (Å²) in [4.78, 5) is 3.59. The molecule has 0 radical (unpaired) electrons. The molecule has 2 aromatic heterocycles. The van der Waals surface area contributed by atoms with Crippen LogP contribution in [0.25, 0.3) is 88.3 Å². The molecule has 65 heavy (non-hydrogen) atoms. The van der Waals surface area contributed by atoms with Gasteiger partial charge < -0.3 is 9.40 Å². The summed E-state index contributed by atoms with van der Waals surface area (Å²) in [5.74, 6) is 0. The van der Waals surface area contributed by atoms with Crippen LogP contribution in [0.4, 0.5) is 0 Å². The Morgan fingerprint density at radius 1 is 0.477 bits per heavy atom. The average Bonchev–Trinajstić information content (AvgIpc) is 4.01. The molecule has 0 aliphatic heterocycles. The molecule has 0 saturated heterocycles. The maximum absolute atomic E-state index is 6.13. The number of H-pyrrole nitrogens is 1. The van der Waals surface area contributed by atoms with E-state index in [1.54, 1.807) is 0 Å². The molecule has 2 nitrogen and oxygen atoms in total. The third-order valence-corrected chi connectivity index (χ3v) is 13.4. The van der Waals surface area contributed by atoms with Gasteiger partial charge in [0.1, 0.15) is 11.2 Å². The van der Waals surface area contributed by atoms with Gasteiger partial charge >= 0.3 is 0 Å². The van der Waals surface area contributed by atoms with Crippen molar-refractivity contribution in [1.29, 1.82) is 0 Å². The van der Waals surface area contributed by atoms with Crippen molar-refractivity contribution in [2.24, 2.45) is 0 Å². The van der Waals surface area contributed by atoms with E-state index in [1.165, 1.54) is 118 Å². The van der Waals surface area contributed by atoms with E-state index in [-0.39, 0.29) is 5.41 Å². The quantitative estimate of drug-likeness (QED) is 0.178. The second-order valence-electron chi connectivity index (χ2n) is 18.1. The summed E-state index contributed by atoms with van der Waals surface area (Å²) >= 11 is 0. The molecule has 0 fully saturated rings. The van der Waals surface area contributed by atoms with Crippen LogP contribution in [0.15, 0.2) is 205 Å². The zero-order valence-corrected chi connectivity index (χ0v) is 38.1. The first-order valence-corrected chi connectivity index (χ1v) is 23.1. The summed E-state index contributed by atoms with van der Waals surface area (Å²) in [6.07, 6.45) is 3.64. The third kappa shape index (κ3) is 7.95. The number of nitrogens with one attached hydrogen (secondary N) is 1. The van der Waals surface area contributed by atoms with Gasteiger partial charge in [0.15, 0.2) is 0 Å². The molecule has 2 heterocycles. The van der Waals surface area contributed by atoms with Crippen molar-refractivity contribution in [3.8, 4) is 44.5 Å². The summed E-state index contributed by atoms with van der Waals surface area (Å²) in [5, 5.41) is 5.01. The standard InChI is InChI=1S/C22H20O.C22H20.C19H15N/c1-2-3-7-16-12-14-17(15-13-16)18-9-6-10-20-19-8-4-5-11-21(19)23-22(18)20;1-15-8-10-16(11-9-15)17-12-13-21-19(14-17)18-6-4-5-7-20(18)22(21,2)3;1-13-11-12-15(14-7-3-2-4-8-14)19-18(13)16-9-5-6-10-17(16)20-19/h4-6,8-15H,2-3,7H2,1H3;4-14H,1-3H3;2-12,20H,1H3. The highest BCUT2D eigenvalue weighted by Crippen LogP contribution is 2.49. The smallest absolute Gasteiger partial charge is 0.143 e. The van der Waals surface area contributed by atoms with E-state index in [2.05, 4.69) is 228 Å². The summed E-state index contributed by atoms with van der Waals surface area (Å²) in [7, 11) is 0. The molecule has 0 bridgehead atoms. The van der Waals surface area contributed by atoms with Gasteiger partial charge in [0.2, 0.25) is 0 Å². The molecule has 0 atom stereocenters. The number of hydrogen-bond donors (Lipinski definition) is 1. The fourth-order valence-corrected chi connectivity index (χ4v) is 9.84. The molecular weight excluding hydrogens is 787 g/mol. The predicted octanol–water partition coefficient (Wildman–Crippen LogP) is 17.9. The maximum atomic E-state index is 6.13. The lowest BCUT2D eigenvalue weighted by Gasteiger charge is -2.21. The van der Waals surface area contributed by atoms with Crippen molar-refractivity contribution in [2.45, 2.75) is 59.3 Å². The third-order valence-electron chi connectivity index (χ3n) is 13.4. The summed E-state index contributed by atoms with van der Waals surface area (Å²) in [5.41, 5.74) is 21.6. The van der Waals surface area contributed by atoms with Gasteiger partial charge in [-0.3, -0.25) is 0 Å². The zero-order valence-electron chi connectivity index (χ0n) is 38.1. The lowest BCUT2D eigenvalue weighted by molar-refractivity contribution is 0.660. The Morgan fingerprint density at radius 2 is 1.11 bits per heavy atom. The van der Waals surface area contributed by atoms with Crippen molar-refractivity contribution in [3.63, 3.8) is 0 Å². The second kappa shape index (κ2) is 17.6. The number of hydrogen-bond acceptors (Lipinski definition) is 1. The van der Waals surface area contributed by atoms with Gasteiger partial charge in [0.25, 0.3) is 0 Å². The minimum atomic E-state index is 0.0950. The van der Waals surface area contributed by atoms with Gasteiger partial charge in [-0.1, -0.05) is 215 Å². The number of rotatable bonds is 6. The fraction of sp³-hybridized carbons (Fsp3) is 0.143. The molecule has 0 unspecified atom stereocenters. The van der Waals surface area contributed by atoms with Gasteiger partial charge in [-0.05, 0) is 101 Å². The Kier molecular flexibility index (Phi) is 11.3. The van der Waals surface area contributed by atoms with Crippen LogP contribution in [-0.4, -0.2) is 4.98 Å². The minimum absolute atomic E-state index is 0.0950. The van der Waals surface area contributed by atoms with Gasteiger partial charge in [-0.2, -0.15) is 0 Å². The van der Waals surface area contributed by atoms with Gasteiger partial charge in [0.05, 0.1) is 5.52 Å². The number of para-hydroxylation sites is 3. The van der Waals surface area contributed by atoms with Gasteiger partial charge in [-0.25, -0.2) is 0 Å². The number of aryl methyl sites for hydroxylation is 3. The Morgan fingerprint density at radius 3 is 1.91 bits per heavy atom. The molecule has 1 aliphatic carbocycles. The van der Waals surface area contributed by atoms with E-state index in [0.29, 0.717) is 0 Å². The summed E-state index contributed by atoms with van der Waals surface area (Å²) in [6.45, 7) is 11.2. The molecule has 0 spiro atoms. The highest BCUT2D eigenvalue weighted by Gasteiger charge is 2.35. The van der Waals surface area contributed by atoms with Crippen molar-refractivity contribution in [3.05, 3.63) is 228 Å². The van der Waals surface area contributed by atoms with E-state index in [1.807, 2.05) is 12.1 Å². The summed E-state index contributed by atoms with van der Waals surface area (Å²) in [6, 6.07) is 71.6. The van der Waals surface area contributed by atoms with Crippen molar-refractivity contribution < 1.29 is 4.42 Å². The molecule has 1 N–H and O–H groups in total. The maximum Gasteiger partial charge on any atom is 0.143 e. The monoisotopic (exact) mass is 841 g/mol. The van der Waals surface area contributed by atoms with Gasteiger partial charge in [0, 0.05) is 43.6 Å². The summed E-state index contributed by atoms with van der Waals surface area (Å²) < 4.78 is 6.13. The number of aromatic nitrogens is 1. The largest absolute Gasteiger partial charge is 0.455 e. The average molecular weight is 842 g/mol. The van der Waals surface area contributed by atoms with E-state index in [4.69, 9.17) is 4.42 Å². The molecule has 12 rings (SSSR count).